The number of anilines is 1. The first-order chi connectivity index (χ1) is 6.64. The number of nitrogens with zero attached hydrogens (tertiary/aromatic N) is 2. The highest BCUT2D eigenvalue weighted by Gasteiger charge is 2.10. The Morgan fingerprint density at radius 2 is 2.00 bits per heavy atom. The maximum absolute atomic E-state index is 11.3. The molecular formula is C7H11N3O3S. The van der Waals surface area contributed by atoms with Gasteiger partial charge in [0.25, 0.3) is 0 Å². The van der Waals surface area contributed by atoms with E-state index in [0.29, 0.717) is 0 Å². The summed E-state index contributed by atoms with van der Waals surface area (Å²) >= 11 is 0. The molecule has 0 unspecified atom stereocenters. The van der Waals surface area contributed by atoms with Crippen LogP contribution in [0.25, 0.3) is 0 Å². The first kappa shape index (κ1) is 10.9. The first-order valence-corrected chi connectivity index (χ1v) is 5.67. The van der Waals surface area contributed by atoms with E-state index >= 15 is 0 Å². The average molecular weight is 217 g/mol. The molecule has 0 radical (unpaired) electrons. The zero-order valence-electron chi connectivity index (χ0n) is 7.42. The molecule has 1 rings (SSSR count). The maximum atomic E-state index is 11.3. The van der Waals surface area contributed by atoms with E-state index in [1.807, 2.05) is 0 Å². The molecule has 0 saturated carbocycles. The topological polar surface area (TPSA) is 92.2 Å². The Morgan fingerprint density at radius 1 is 1.36 bits per heavy atom. The zero-order chi connectivity index (χ0) is 10.4. The fourth-order valence-corrected chi connectivity index (χ4v) is 1.79. The number of aliphatic hydroxyl groups is 1. The van der Waals surface area contributed by atoms with Gasteiger partial charge in [-0.15, -0.1) is 0 Å². The Kier molecular flexibility index (Phi) is 3.78. The summed E-state index contributed by atoms with van der Waals surface area (Å²) in [5.41, 5.74) is 0. The third-order valence-electron chi connectivity index (χ3n) is 1.38. The second kappa shape index (κ2) is 4.87. The maximum Gasteiger partial charge on any atom is 0.236 e. The number of nitrogens with one attached hydrogen (secondary N) is 1. The van der Waals surface area contributed by atoms with Gasteiger partial charge in [0, 0.05) is 19.0 Å². The summed E-state index contributed by atoms with van der Waals surface area (Å²) in [4.78, 5) is 7.42. The molecule has 0 aromatic carbocycles. The Labute approximate surface area is 82.1 Å². The monoisotopic (exact) mass is 217 g/mol. The van der Waals surface area contributed by atoms with Gasteiger partial charge in [-0.3, -0.25) is 4.72 Å². The van der Waals surface area contributed by atoms with E-state index in [1.165, 1.54) is 12.4 Å². The van der Waals surface area contributed by atoms with Crippen LogP contribution < -0.4 is 4.72 Å². The fourth-order valence-electron chi connectivity index (χ4n) is 0.796. The van der Waals surface area contributed by atoms with E-state index in [-0.39, 0.29) is 24.7 Å². The molecule has 14 heavy (non-hydrogen) atoms. The predicted octanol–water partition coefficient (Wildman–Crippen LogP) is -0.399. The summed E-state index contributed by atoms with van der Waals surface area (Å²) in [5, 5.41) is 8.47. The van der Waals surface area contributed by atoms with Crippen LogP contribution in [-0.2, 0) is 10.0 Å². The van der Waals surface area contributed by atoms with Gasteiger partial charge in [-0.25, -0.2) is 18.4 Å². The van der Waals surface area contributed by atoms with Gasteiger partial charge in [0.2, 0.25) is 16.0 Å². The molecule has 0 saturated heterocycles. The Bertz CT molecular complexity index is 365. The molecular weight excluding hydrogens is 206 g/mol. The highest BCUT2D eigenvalue weighted by Crippen LogP contribution is 2.00. The van der Waals surface area contributed by atoms with Crippen LogP contribution in [0.2, 0.25) is 0 Å². The van der Waals surface area contributed by atoms with Gasteiger partial charge in [0.1, 0.15) is 0 Å². The molecule has 0 bridgehead atoms. The van der Waals surface area contributed by atoms with Gasteiger partial charge in [-0.1, -0.05) is 0 Å². The van der Waals surface area contributed by atoms with Gasteiger partial charge in [-0.05, 0) is 12.5 Å². The van der Waals surface area contributed by atoms with Crippen LogP contribution in [0.15, 0.2) is 18.5 Å². The SMILES string of the molecule is O=S(=O)(CCCO)Nc1ncccn1. The Morgan fingerprint density at radius 3 is 2.57 bits per heavy atom. The summed E-state index contributed by atoms with van der Waals surface area (Å²) in [5.74, 6) is -0.0904. The number of rotatable bonds is 5. The molecule has 1 aromatic heterocycles. The molecule has 1 heterocycles. The van der Waals surface area contributed by atoms with Crippen LogP contribution in [0.5, 0.6) is 0 Å². The largest absolute Gasteiger partial charge is 0.396 e. The quantitative estimate of drug-likeness (QED) is 0.700. The van der Waals surface area contributed by atoms with Gasteiger partial charge < -0.3 is 5.11 Å². The Balaban J connectivity index is 2.60. The lowest BCUT2D eigenvalue weighted by Crippen LogP contribution is -2.18. The summed E-state index contributed by atoms with van der Waals surface area (Å²) in [7, 11) is -3.43. The van der Waals surface area contributed by atoms with Crippen LogP contribution in [0.4, 0.5) is 5.95 Å². The molecule has 0 aliphatic carbocycles. The molecule has 0 aliphatic heterocycles. The second-order valence-electron chi connectivity index (χ2n) is 2.57. The summed E-state index contributed by atoms with van der Waals surface area (Å²) in [6.45, 7) is -0.156. The number of hydrogen-bond donors (Lipinski definition) is 2. The number of aliphatic hydroxyl groups excluding tert-OH is 1. The minimum atomic E-state index is -3.43. The fraction of sp³-hybridized carbons (Fsp3) is 0.429. The third kappa shape index (κ3) is 3.67. The summed E-state index contributed by atoms with van der Waals surface area (Å²) < 4.78 is 24.7. The molecule has 0 atom stereocenters. The van der Waals surface area contributed by atoms with Gasteiger partial charge in [0.15, 0.2) is 0 Å². The highest BCUT2D eigenvalue weighted by atomic mass is 32.2. The van der Waals surface area contributed by atoms with Crippen molar-refractivity contribution in [3.63, 3.8) is 0 Å². The molecule has 7 heteroatoms. The standard InChI is InChI=1S/C7H11N3O3S/c11-5-2-6-14(12,13)10-7-8-3-1-4-9-7/h1,3-4,11H,2,5-6H2,(H,8,9,10). The molecule has 78 valence electrons. The predicted molar refractivity (Wildman–Crippen MR) is 51.1 cm³/mol. The van der Waals surface area contributed by atoms with E-state index in [9.17, 15) is 8.42 Å². The average Bonchev–Trinajstić information content (AvgIpc) is 2.16. The Hall–Kier alpha value is -1.21. The smallest absolute Gasteiger partial charge is 0.236 e. The van der Waals surface area contributed by atoms with Gasteiger partial charge in [-0.2, -0.15) is 0 Å². The van der Waals surface area contributed by atoms with Crippen LogP contribution in [0, 0.1) is 0 Å². The zero-order valence-corrected chi connectivity index (χ0v) is 8.24. The second-order valence-corrected chi connectivity index (χ2v) is 4.41. The van der Waals surface area contributed by atoms with Crippen molar-refractivity contribution in [2.24, 2.45) is 0 Å². The number of sulfonamides is 1. The molecule has 0 amide bonds. The van der Waals surface area contributed by atoms with Crippen molar-refractivity contribution in [3.05, 3.63) is 18.5 Å². The van der Waals surface area contributed by atoms with E-state index in [2.05, 4.69) is 14.7 Å². The molecule has 0 spiro atoms. The van der Waals surface area contributed by atoms with Crippen molar-refractivity contribution in [1.29, 1.82) is 0 Å². The van der Waals surface area contributed by atoms with E-state index in [0.717, 1.165) is 0 Å². The highest BCUT2D eigenvalue weighted by molar-refractivity contribution is 7.92. The van der Waals surface area contributed by atoms with Gasteiger partial charge >= 0.3 is 0 Å². The van der Waals surface area contributed by atoms with E-state index in [1.54, 1.807) is 6.07 Å². The lowest BCUT2D eigenvalue weighted by molar-refractivity contribution is 0.295. The molecule has 0 fully saturated rings. The minimum Gasteiger partial charge on any atom is -0.396 e. The normalized spacial score (nSPS) is 11.2. The van der Waals surface area contributed by atoms with Crippen LogP contribution >= 0.6 is 0 Å². The first-order valence-electron chi connectivity index (χ1n) is 4.02. The number of aromatic nitrogens is 2. The van der Waals surface area contributed by atoms with Crippen molar-refractivity contribution in [2.75, 3.05) is 17.1 Å². The van der Waals surface area contributed by atoms with Crippen molar-refractivity contribution in [3.8, 4) is 0 Å². The van der Waals surface area contributed by atoms with Crippen molar-refractivity contribution in [2.45, 2.75) is 6.42 Å². The molecule has 1 aromatic rings. The van der Waals surface area contributed by atoms with Crippen LogP contribution in [0.3, 0.4) is 0 Å². The summed E-state index contributed by atoms with van der Waals surface area (Å²) in [6.07, 6.45) is 3.08. The van der Waals surface area contributed by atoms with Crippen molar-refractivity contribution < 1.29 is 13.5 Å². The lowest BCUT2D eigenvalue weighted by atomic mass is 10.5. The van der Waals surface area contributed by atoms with Crippen molar-refractivity contribution in [1.82, 2.24) is 9.97 Å². The third-order valence-corrected chi connectivity index (χ3v) is 2.70. The lowest BCUT2D eigenvalue weighted by Gasteiger charge is -2.04. The van der Waals surface area contributed by atoms with E-state index < -0.39 is 10.0 Å². The minimum absolute atomic E-state index is 0.0467. The molecule has 2 N–H and O–H groups in total. The van der Waals surface area contributed by atoms with Gasteiger partial charge in [0.05, 0.1) is 5.75 Å². The molecule has 0 aliphatic rings. The van der Waals surface area contributed by atoms with Crippen LogP contribution in [-0.4, -0.2) is 35.9 Å². The summed E-state index contributed by atoms with van der Waals surface area (Å²) in [6, 6.07) is 1.59. The van der Waals surface area contributed by atoms with E-state index in [4.69, 9.17) is 5.11 Å². The van der Waals surface area contributed by atoms with Crippen molar-refractivity contribution >= 4 is 16.0 Å². The molecule has 6 nitrogen and oxygen atoms in total. The number of hydrogen-bond acceptors (Lipinski definition) is 5. The van der Waals surface area contributed by atoms with Crippen LogP contribution in [0.1, 0.15) is 6.42 Å².